The largest absolute Gasteiger partial charge is 0.466 e. The van der Waals surface area contributed by atoms with E-state index in [1.165, 1.54) is 4.88 Å². The average Bonchev–Trinajstić information content (AvgIpc) is 2.86. The van der Waals surface area contributed by atoms with Crippen LogP contribution in [0.1, 0.15) is 50.4 Å². The summed E-state index contributed by atoms with van der Waals surface area (Å²) >= 11 is 7.59. The van der Waals surface area contributed by atoms with Crippen LogP contribution in [0.2, 0.25) is 4.34 Å². The second kappa shape index (κ2) is 7.43. The first kappa shape index (κ1) is 15.8. The van der Waals surface area contributed by atoms with Gasteiger partial charge in [-0.15, -0.1) is 11.3 Å². The summed E-state index contributed by atoms with van der Waals surface area (Å²) < 4.78 is 5.96. The molecule has 3 atom stereocenters. The Morgan fingerprint density at radius 1 is 1.55 bits per heavy atom. The van der Waals surface area contributed by atoms with Gasteiger partial charge in [0, 0.05) is 17.0 Å². The third-order valence-corrected chi connectivity index (χ3v) is 5.21. The van der Waals surface area contributed by atoms with E-state index in [2.05, 4.69) is 18.3 Å². The molecular formula is C15H22ClNO2S. The minimum absolute atomic E-state index is 0.0363. The predicted molar refractivity (Wildman–Crippen MR) is 83.3 cm³/mol. The van der Waals surface area contributed by atoms with Gasteiger partial charge in [-0.2, -0.15) is 0 Å². The van der Waals surface area contributed by atoms with E-state index >= 15 is 0 Å². The fraction of sp³-hybridized carbons (Fsp3) is 0.667. The van der Waals surface area contributed by atoms with Crippen molar-refractivity contribution in [2.75, 3.05) is 6.61 Å². The van der Waals surface area contributed by atoms with Gasteiger partial charge < -0.3 is 10.1 Å². The van der Waals surface area contributed by atoms with Crippen LogP contribution in [0.25, 0.3) is 0 Å². The molecule has 1 saturated carbocycles. The fourth-order valence-electron chi connectivity index (χ4n) is 2.81. The summed E-state index contributed by atoms with van der Waals surface area (Å²) in [5.74, 6) is 0.0196. The molecule has 3 unspecified atom stereocenters. The van der Waals surface area contributed by atoms with E-state index in [1.807, 2.05) is 13.0 Å². The molecule has 1 aliphatic rings. The van der Waals surface area contributed by atoms with Crippen LogP contribution < -0.4 is 5.32 Å². The molecule has 1 aliphatic carbocycles. The van der Waals surface area contributed by atoms with E-state index in [0.29, 0.717) is 12.6 Å². The average molecular weight is 316 g/mol. The van der Waals surface area contributed by atoms with Crippen molar-refractivity contribution in [1.29, 1.82) is 0 Å². The summed E-state index contributed by atoms with van der Waals surface area (Å²) in [6.45, 7) is 4.48. The minimum Gasteiger partial charge on any atom is -0.466 e. The zero-order valence-electron chi connectivity index (χ0n) is 12.0. The minimum atomic E-state index is -0.0363. The van der Waals surface area contributed by atoms with Crippen LogP contribution in [0.5, 0.6) is 0 Å². The molecule has 1 aromatic heterocycles. The normalized spacial score (nSPS) is 24.4. The molecular weight excluding hydrogens is 294 g/mol. The van der Waals surface area contributed by atoms with Gasteiger partial charge >= 0.3 is 5.97 Å². The Hall–Kier alpha value is -0.580. The van der Waals surface area contributed by atoms with Gasteiger partial charge in [0.05, 0.1) is 16.9 Å². The molecule has 20 heavy (non-hydrogen) atoms. The van der Waals surface area contributed by atoms with Gasteiger partial charge in [-0.3, -0.25) is 4.79 Å². The Bertz CT molecular complexity index is 449. The lowest BCUT2D eigenvalue weighted by atomic mass is 9.85. The zero-order valence-corrected chi connectivity index (χ0v) is 13.6. The summed E-state index contributed by atoms with van der Waals surface area (Å²) in [5.41, 5.74) is 0. The number of halogens is 1. The first-order valence-electron chi connectivity index (χ1n) is 7.28. The maximum absolute atomic E-state index is 11.8. The molecule has 0 bridgehead atoms. The van der Waals surface area contributed by atoms with Crippen molar-refractivity contribution in [2.45, 2.75) is 51.6 Å². The number of carbonyl (C=O) groups is 1. The number of esters is 1. The highest BCUT2D eigenvalue weighted by Gasteiger charge is 2.29. The molecule has 2 rings (SSSR count). The number of hydrogen-bond acceptors (Lipinski definition) is 4. The summed E-state index contributed by atoms with van der Waals surface area (Å²) in [6, 6.07) is 4.66. The zero-order chi connectivity index (χ0) is 14.5. The maximum atomic E-state index is 11.8. The third-order valence-electron chi connectivity index (χ3n) is 3.80. The highest BCUT2D eigenvalue weighted by molar-refractivity contribution is 7.16. The summed E-state index contributed by atoms with van der Waals surface area (Å²) in [5, 5.41) is 3.62. The monoisotopic (exact) mass is 315 g/mol. The Balaban J connectivity index is 1.87. The van der Waals surface area contributed by atoms with Gasteiger partial charge in [-0.1, -0.05) is 18.0 Å². The smallest absolute Gasteiger partial charge is 0.308 e. The van der Waals surface area contributed by atoms with E-state index in [1.54, 1.807) is 11.3 Å². The van der Waals surface area contributed by atoms with E-state index in [-0.39, 0.29) is 17.9 Å². The van der Waals surface area contributed by atoms with Gasteiger partial charge in [-0.25, -0.2) is 0 Å². The predicted octanol–water partition coefficient (Wildman–Crippen LogP) is 4.17. The molecule has 1 aromatic rings. The van der Waals surface area contributed by atoms with Crippen LogP contribution in [0.15, 0.2) is 12.1 Å². The Kier molecular flexibility index (Phi) is 5.87. The fourth-order valence-corrected chi connectivity index (χ4v) is 3.88. The molecule has 1 heterocycles. The first-order chi connectivity index (χ1) is 9.60. The van der Waals surface area contributed by atoms with Crippen molar-refractivity contribution in [2.24, 2.45) is 5.92 Å². The second-order valence-corrected chi connectivity index (χ2v) is 7.09. The summed E-state index contributed by atoms with van der Waals surface area (Å²) in [4.78, 5) is 13.1. The Labute approximate surface area is 129 Å². The van der Waals surface area contributed by atoms with E-state index < -0.39 is 0 Å². The van der Waals surface area contributed by atoms with Crippen molar-refractivity contribution < 1.29 is 9.53 Å². The lowest BCUT2D eigenvalue weighted by molar-refractivity contribution is -0.149. The highest BCUT2D eigenvalue weighted by atomic mass is 35.5. The molecule has 1 N–H and O–H groups in total. The SMILES string of the molecule is CCOC(=O)C1CCCC(NC(C)c2ccc(Cl)s2)C1. The molecule has 0 aromatic carbocycles. The number of ether oxygens (including phenoxy) is 1. The van der Waals surface area contributed by atoms with Gasteiger partial charge in [0.25, 0.3) is 0 Å². The maximum Gasteiger partial charge on any atom is 0.308 e. The lowest BCUT2D eigenvalue weighted by Crippen LogP contribution is -2.38. The van der Waals surface area contributed by atoms with Crippen molar-refractivity contribution in [1.82, 2.24) is 5.32 Å². The quantitative estimate of drug-likeness (QED) is 0.829. The van der Waals surface area contributed by atoms with Crippen LogP contribution in [0.4, 0.5) is 0 Å². The molecule has 0 spiro atoms. The van der Waals surface area contributed by atoms with Crippen molar-refractivity contribution >= 4 is 28.9 Å². The van der Waals surface area contributed by atoms with E-state index in [0.717, 1.165) is 30.0 Å². The van der Waals surface area contributed by atoms with Gasteiger partial charge in [0.15, 0.2) is 0 Å². The standard InChI is InChI=1S/C15H22ClNO2S/c1-3-19-15(18)11-5-4-6-12(9-11)17-10(2)13-7-8-14(16)20-13/h7-8,10-12,17H,3-6,9H2,1-2H3. The topological polar surface area (TPSA) is 38.3 Å². The molecule has 0 aliphatic heterocycles. The van der Waals surface area contributed by atoms with E-state index in [9.17, 15) is 4.79 Å². The molecule has 0 saturated heterocycles. The third kappa shape index (κ3) is 4.21. The summed E-state index contributed by atoms with van der Waals surface area (Å²) in [6.07, 6.45) is 4.04. The number of rotatable bonds is 5. The summed E-state index contributed by atoms with van der Waals surface area (Å²) in [7, 11) is 0. The van der Waals surface area contributed by atoms with Crippen LogP contribution in [-0.2, 0) is 9.53 Å². The molecule has 0 amide bonds. The van der Waals surface area contributed by atoms with Crippen molar-refractivity contribution in [3.8, 4) is 0 Å². The highest BCUT2D eigenvalue weighted by Crippen LogP contribution is 2.30. The van der Waals surface area contributed by atoms with Crippen LogP contribution >= 0.6 is 22.9 Å². The molecule has 0 radical (unpaired) electrons. The Morgan fingerprint density at radius 2 is 2.35 bits per heavy atom. The lowest BCUT2D eigenvalue weighted by Gasteiger charge is -2.30. The molecule has 5 heteroatoms. The van der Waals surface area contributed by atoms with Gasteiger partial charge in [-0.05, 0) is 45.2 Å². The van der Waals surface area contributed by atoms with E-state index in [4.69, 9.17) is 16.3 Å². The molecule has 112 valence electrons. The number of hydrogen-bond donors (Lipinski definition) is 1. The van der Waals surface area contributed by atoms with Crippen LogP contribution in [-0.4, -0.2) is 18.6 Å². The van der Waals surface area contributed by atoms with Gasteiger partial charge in [0.2, 0.25) is 0 Å². The van der Waals surface area contributed by atoms with Crippen LogP contribution in [0.3, 0.4) is 0 Å². The van der Waals surface area contributed by atoms with Crippen LogP contribution in [0, 0.1) is 5.92 Å². The Morgan fingerprint density at radius 3 is 3.00 bits per heavy atom. The second-order valence-electron chi connectivity index (χ2n) is 5.34. The first-order valence-corrected chi connectivity index (χ1v) is 8.47. The molecule has 1 fully saturated rings. The number of nitrogens with one attached hydrogen (secondary N) is 1. The van der Waals surface area contributed by atoms with Crippen molar-refractivity contribution in [3.63, 3.8) is 0 Å². The van der Waals surface area contributed by atoms with Crippen molar-refractivity contribution in [3.05, 3.63) is 21.3 Å². The number of carbonyl (C=O) groups excluding carboxylic acids is 1. The number of thiophene rings is 1. The van der Waals surface area contributed by atoms with Gasteiger partial charge in [0.1, 0.15) is 0 Å². The molecule has 3 nitrogen and oxygen atoms in total.